The number of anilines is 1. The Morgan fingerprint density at radius 3 is 2.81 bits per heavy atom. The number of hydrogen-bond donors (Lipinski definition) is 2. The van der Waals surface area contributed by atoms with Gasteiger partial charge in [-0.2, -0.15) is 9.61 Å². The van der Waals surface area contributed by atoms with Gasteiger partial charge in [-0.15, -0.1) is 0 Å². The van der Waals surface area contributed by atoms with Crippen LogP contribution < -0.4 is 5.32 Å². The largest absolute Gasteiger partial charge is 0.370 e. The molecule has 3 heterocycles. The molecule has 5 rings (SSSR count). The van der Waals surface area contributed by atoms with Gasteiger partial charge >= 0.3 is 0 Å². The van der Waals surface area contributed by atoms with Crippen molar-refractivity contribution in [2.75, 3.05) is 11.9 Å². The lowest BCUT2D eigenvalue weighted by atomic mass is 10.1. The van der Waals surface area contributed by atoms with Crippen LogP contribution in [0.5, 0.6) is 0 Å². The Kier molecular flexibility index (Phi) is 4.90. The lowest BCUT2D eigenvalue weighted by Gasteiger charge is -2.12. The summed E-state index contributed by atoms with van der Waals surface area (Å²) in [7, 11) is 0. The van der Waals surface area contributed by atoms with E-state index >= 15 is 0 Å². The lowest BCUT2D eigenvalue weighted by Crippen LogP contribution is -2.10. The van der Waals surface area contributed by atoms with Crippen LogP contribution >= 0.6 is 0 Å². The molecule has 0 saturated heterocycles. The van der Waals surface area contributed by atoms with Crippen LogP contribution in [0.25, 0.3) is 27.8 Å². The lowest BCUT2D eigenvalue weighted by molar-refractivity contribution is 0.628. The fraction of sp³-hybridized carbons (Fsp3) is 0.200. The van der Waals surface area contributed by atoms with E-state index in [2.05, 4.69) is 53.6 Å². The van der Waals surface area contributed by atoms with Crippen LogP contribution in [-0.4, -0.2) is 26.1 Å². The number of H-pyrrole nitrogens is 1. The number of nitrogens with zero attached hydrogens (tertiary/aromatic N) is 3. The summed E-state index contributed by atoms with van der Waals surface area (Å²) in [5.41, 5.74) is 5.75. The molecule has 0 bridgehead atoms. The fourth-order valence-electron chi connectivity index (χ4n) is 3.97. The van der Waals surface area contributed by atoms with Crippen LogP contribution in [0.2, 0.25) is 0 Å². The molecule has 0 amide bonds. The zero-order valence-corrected chi connectivity index (χ0v) is 17.6. The molecule has 0 aliphatic carbocycles. The Labute approximate surface area is 180 Å². The van der Waals surface area contributed by atoms with Gasteiger partial charge in [0.05, 0.1) is 11.9 Å². The van der Waals surface area contributed by atoms with Crippen LogP contribution in [0.1, 0.15) is 30.9 Å². The van der Waals surface area contributed by atoms with Crippen molar-refractivity contribution in [1.29, 1.82) is 0 Å². The maximum atomic E-state index is 13.8. The van der Waals surface area contributed by atoms with Crippen molar-refractivity contribution in [2.45, 2.75) is 26.2 Å². The summed E-state index contributed by atoms with van der Waals surface area (Å²) in [6.45, 7) is 4.98. The molecule has 0 fully saturated rings. The first-order valence-electron chi connectivity index (χ1n) is 10.5. The molecule has 3 aromatic heterocycles. The highest BCUT2D eigenvalue weighted by atomic mass is 19.1. The molecule has 0 spiro atoms. The Bertz CT molecular complexity index is 1370. The summed E-state index contributed by atoms with van der Waals surface area (Å²) in [6, 6.07) is 16.8. The van der Waals surface area contributed by atoms with Crippen molar-refractivity contribution in [3.05, 3.63) is 83.9 Å². The first-order valence-corrected chi connectivity index (χ1v) is 10.5. The van der Waals surface area contributed by atoms with Gasteiger partial charge in [0.25, 0.3) is 0 Å². The summed E-state index contributed by atoms with van der Waals surface area (Å²) in [6.07, 6.45) is 4.80. The summed E-state index contributed by atoms with van der Waals surface area (Å²) in [5.74, 6) is 0.855. The minimum Gasteiger partial charge on any atom is -0.370 e. The number of para-hydroxylation sites is 1. The van der Waals surface area contributed by atoms with E-state index in [1.165, 1.54) is 23.1 Å². The molecule has 5 aromatic rings. The molecular formula is C25H24FN5. The van der Waals surface area contributed by atoms with Gasteiger partial charge in [0.15, 0.2) is 5.65 Å². The first kappa shape index (κ1) is 19.3. The number of benzene rings is 2. The summed E-state index contributed by atoms with van der Waals surface area (Å²) >= 11 is 0. The van der Waals surface area contributed by atoms with Gasteiger partial charge in [-0.3, -0.25) is 0 Å². The van der Waals surface area contributed by atoms with Crippen molar-refractivity contribution in [1.82, 2.24) is 19.6 Å². The minimum atomic E-state index is -0.273. The number of aromatic nitrogens is 4. The molecule has 6 heteroatoms. The van der Waals surface area contributed by atoms with Gasteiger partial charge in [-0.1, -0.05) is 44.2 Å². The van der Waals surface area contributed by atoms with Crippen molar-refractivity contribution < 1.29 is 4.39 Å². The molecule has 0 radical (unpaired) electrons. The van der Waals surface area contributed by atoms with E-state index in [1.54, 1.807) is 6.07 Å². The van der Waals surface area contributed by atoms with E-state index in [-0.39, 0.29) is 11.7 Å². The smallest absolute Gasteiger partial charge is 0.161 e. The number of aromatic amines is 1. The Morgan fingerprint density at radius 1 is 1.10 bits per heavy atom. The number of rotatable bonds is 6. The molecule has 0 saturated carbocycles. The van der Waals surface area contributed by atoms with Gasteiger partial charge in [-0.25, -0.2) is 9.37 Å². The van der Waals surface area contributed by atoms with Crippen LogP contribution in [0, 0.1) is 5.82 Å². The quantitative estimate of drug-likeness (QED) is 0.370. The van der Waals surface area contributed by atoms with E-state index in [4.69, 9.17) is 4.98 Å². The third kappa shape index (κ3) is 3.65. The second-order valence-corrected chi connectivity index (χ2v) is 8.06. The number of hydrogen-bond acceptors (Lipinski definition) is 3. The highest BCUT2D eigenvalue weighted by Crippen LogP contribution is 2.27. The van der Waals surface area contributed by atoms with Crippen LogP contribution in [-0.2, 0) is 6.42 Å². The highest BCUT2D eigenvalue weighted by molar-refractivity contribution is 5.83. The molecule has 2 N–H and O–H groups in total. The maximum absolute atomic E-state index is 13.8. The average molecular weight is 414 g/mol. The third-order valence-electron chi connectivity index (χ3n) is 5.62. The second-order valence-electron chi connectivity index (χ2n) is 8.06. The van der Waals surface area contributed by atoms with Crippen LogP contribution in [0.3, 0.4) is 0 Å². The molecule has 0 unspecified atom stereocenters. The van der Waals surface area contributed by atoms with Crippen molar-refractivity contribution >= 4 is 22.4 Å². The van der Waals surface area contributed by atoms with E-state index in [9.17, 15) is 4.39 Å². The number of halogens is 1. The summed E-state index contributed by atoms with van der Waals surface area (Å²) < 4.78 is 15.7. The molecule has 5 nitrogen and oxygen atoms in total. The van der Waals surface area contributed by atoms with Gasteiger partial charge < -0.3 is 10.3 Å². The van der Waals surface area contributed by atoms with Crippen molar-refractivity contribution in [3.63, 3.8) is 0 Å². The summed E-state index contributed by atoms with van der Waals surface area (Å²) in [4.78, 5) is 8.14. The fourth-order valence-corrected chi connectivity index (χ4v) is 3.97. The van der Waals surface area contributed by atoms with Gasteiger partial charge in [0, 0.05) is 40.8 Å². The monoisotopic (exact) mass is 413 g/mol. The Morgan fingerprint density at radius 2 is 1.97 bits per heavy atom. The summed E-state index contributed by atoms with van der Waals surface area (Å²) in [5, 5.41) is 9.33. The SMILES string of the molecule is CC(C)c1cnn2c(NCCc3c[nH]c4ccccc34)cc(-c3cccc(F)c3)nc12. The molecular weight excluding hydrogens is 389 g/mol. The van der Waals surface area contributed by atoms with Gasteiger partial charge in [0.2, 0.25) is 0 Å². The zero-order chi connectivity index (χ0) is 21.4. The van der Waals surface area contributed by atoms with E-state index in [0.29, 0.717) is 0 Å². The zero-order valence-electron chi connectivity index (χ0n) is 17.6. The molecule has 31 heavy (non-hydrogen) atoms. The first-order chi connectivity index (χ1) is 15.1. The molecule has 2 aromatic carbocycles. The van der Waals surface area contributed by atoms with E-state index in [0.717, 1.165) is 46.8 Å². The Balaban J connectivity index is 1.49. The standard InChI is InChI=1S/C25H24FN5/c1-16(2)21-15-29-31-24(13-23(30-25(21)31)17-6-5-7-19(26)12-17)27-11-10-18-14-28-22-9-4-3-8-20(18)22/h3-9,12-16,27-28H,10-11H2,1-2H3. The highest BCUT2D eigenvalue weighted by Gasteiger charge is 2.15. The Hall–Kier alpha value is -3.67. The van der Waals surface area contributed by atoms with Crippen LogP contribution in [0.4, 0.5) is 10.2 Å². The molecule has 0 atom stereocenters. The number of nitrogens with one attached hydrogen (secondary N) is 2. The van der Waals surface area contributed by atoms with Crippen molar-refractivity contribution in [3.8, 4) is 11.3 Å². The van der Waals surface area contributed by atoms with Crippen LogP contribution in [0.15, 0.2) is 67.0 Å². The topological polar surface area (TPSA) is 58.0 Å². The predicted octanol–water partition coefficient (Wildman–Crippen LogP) is 5.79. The van der Waals surface area contributed by atoms with Gasteiger partial charge in [-0.05, 0) is 36.1 Å². The number of fused-ring (bicyclic) bond motifs is 2. The second kappa shape index (κ2) is 7.87. The molecule has 0 aliphatic rings. The van der Waals surface area contributed by atoms with Crippen molar-refractivity contribution in [2.24, 2.45) is 0 Å². The molecule has 0 aliphatic heterocycles. The normalized spacial score (nSPS) is 11.6. The minimum absolute atomic E-state index is 0.273. The molecule has 156 valence electrons. The third-order valence-corrected chi connectivity index (χ3v) is 5.62. The maximum Gasteiger partial charge on any atom is 0.161 e. The van der Waals surface area contributed by atoms with E-state index < -0.39 is 0 Å². The predicted molar refractivity (Wildman–Crippen MR) is 123 cm³/mol. The average Bonchev–Trinajstić information content (AvgIpc) is 3.38. The van der Waals surface area contributed by atoms with E-state index in [1.807, 2.05) is 28.9 Å². The van der Waals surface area contributed by atoms with Gasteiger partial charge in [0.1, 0.15) is 11.6 Å².